The summed E-state index contributed by atoms with van der Waals surface area (Å²) in [4.78, 5) is 35.9. The maximum absolute atomic E-state index is 12.3. The second kappa shape index (κ2) is 9.25. The standard InChI is InChI=1S/C19H27N3O6S/c1-5-8-20-18(24)13(3)21-17(23)11-28-19(25)14-6-7-16-15(10-14)9-12(2)22(16)29(4,26)27/h6-7,10,12-13H,5,8-9,11H2,1-4H3,(H,20,24)(H,21,23)/t12-,13+/m1/s1. The molecule has 1 heterocycles. The number of esters is 1. The number of ether oxygens (including phenoxy) is 1. The third kappa shape index (κ3) is 5.69. The van der Waals surface area contributed by atoms with Gasteiger partial charge in [-0.15, -0.1) is 0 Å². The van der Waals surface area contributed by atoms with Crippen molar-refractivity contribution < 1.29 is 27.5 Å². The topological polar surface area (TPSA) is 122 Å². The van der Waals surface area contributed by atoms with Crippen molar-refractivity contribution >= 4 is 33.5 Å². The SMILES string of the molecule is CCCNC(=O)[C@H](C)NC(=O)COC(=O)c1ccc2c(c1)C[C@@H](C)N2S(C)(=O)=O. The van der Waals surface area contributed by atoms with E-state index in [0.717, 1.165) is 18.2 Å². The van der Waals surface area contributed by atoms with Crippen molar-refractivity contribution in [3.63, 3.8) is 0 Å². The first-order chi connectivity index (χ1) is 13.5. The molecular weight excluding hydrogens is 398 g/mol. The Hall–Kier alpha value is -2.62. The number of carbonyl (C=O) groups excluding carboxylic acids is 3. The van der Waals surface area contributed by atoms with Gasteiger partial charge in [0.15, 0.2) is 6.61 Å². The minimum absolute atomic E-state index is 0.229. The molecule has 29 heavy (non-hydrogen) atoms. The summed E-state index contributed by atoms with van der Waals surface area (Å²) >= 11 is 0. The zero-order chi connectivity index (χ0) is 21.8. The van der Waals surface area contributed by atoms with Gasteiger partial charge < -0.3 is 15.4 Å². The van der Waals surface area contributed by atoms with Crippen LogP contribution in [0.25, 0.3) is 0 Å². The van der Waals surface area contributed by atoms with E-state index < -0.39 is 34.5 Å². The Morgan fingerprint density at radius 1 is 1.31 bits per heavy atom. The van der Waals surface area contributed by atoms with E-state index in [9.17, 15) is 22.8 Å². The van der Waals surface area contributed by atoms with Crippen molar-refractivity contribution in [3.8, 4) is 0 Å². The molecule has 0 aromatic heterocycles. The first-order valence-electron chi connectivity index (χ1n) is 9.41. The van der Waals surface area contributed by atoms with Crippen LogP contribution >= 0.6 is 0 Å². The van der Waals surface area contributed by atoms with Crippen LogP contribution in [-0.2, 0) is 30.8 Å². The lowest BCUT2D eigenvalue weighted by Gasteiger charge is -2.21. The molecule has 2 N–H and O–H groups in total. The highest BCUT2D eigenvalue weighted by molar-refractivity contribution is 7.92. The molecule has 160 valence electrons. The minimum Gasteiger partial charge on any atom is -0.452 e. The number of nitrogens with zero attached hydrogens (tertiary/aromatic N) is 1. The molecule has 0 unspecified atom stereocenters. The maximum Gasteiger partial charge on any atom is 0.338 e. The molecule has 1 aliphatic rings. The lowest BCUT2D eigenvalue weighted by Crippen LogP contribution is -2.46. The lowest BCUT2D eigenvalue weighted by molar-refractivity contribution is -0.130. The fourth-order valence-electron chi connectivity index (χ4n) is 3.20. The van der Waals surface area contributed by atoms with Gasteiger partial charge in [0.05, 0.1) is 17.5 Å². The van der Waals surface area contributed by atoms with Gasteiger partial charge in [-0.25, -0.2) is 13.2 Å². The van der Waals surface area contributed by atoms with Gasteiger partial charge in [-0.1, -0.05) is 6.92 Å². The summed E-state index contributed by atoms with van der Waals surface area (Å²) in [6.45, 7) is 5.25. The van der Waals surface area contributed by atoms with Crippen LogP contribution in [0.2, 0.25) is 0 Å². The predicted molar refractivity (Wildman–Crippen MR) is 108 cm³/mol. The molecule has 2 atom stereocenters. The third-order valence-corrected chi connectivity index (χ3v) is 5.75. The number of amides is 2. The molecule has 0 bridgehead atoms. The predicted octanol–water partition coefficient (Wildman–Crippen LogP) is 0.585. The van der Waals surface area contributed by atoms with E-state index in [2.05, 4.69) is 10.6 Å². The summed E-state index contributed by atoms with van der Waals surface area (Å²) in [7, 11) is -3.41. The van der Waals surface area contributed by atoms with Gasteiger partial charge in [0.1, 0.15) is 6.04 Å². The molecule has 0 spiro atoms. The van der Waals surface area contributed by atoms with Gasteiger partial charge >= 0.3 is 5.97 Å². The average Bonchev–Trinajstić information content (AvgIpc) is 2.98. The summed E-state index contributed by atoms with van der Waals surface area (Å²) in [5, 5.41) is 5.13. The average molecular weight is 426 g/mol. The van der Waals surface area contributed by atoms with Gasteiger partial charge in [0, 0.05) is 12.6 Å². The van der Waals surface area contributed by atoms with Crippen LogP contribution in [-0.4, -0.2) is 57.7 Å². The number of anilines is 1. The molecule has 9 nitrogen and oxygen atoms in total. The van der Waals surface area contributed by atoms with E-state index in [1.807, 2.05) is 6.92 Å². The third-order valence-electron chi connectivity index (χ3n) is 4.48. The molecule has 2 rings (SSSR count). The molecular formula is C19H27N3O6S. The van der Waals surface area contributed by atoms with Crippen molar-refractivity contribution in [2.45, 2.75) is 45.7 Å². The fourth-order valence-corrected chi connectivity index (χ4v) is 4.46. The Labute approximate surface area is 170 Å². The van der Waals surface area contributed by atoms with Gasteiger partial charge in [-0.2, -0.15) is 0 Å². The van der Waals surface area contributed by atoms with Crippen molar-refractivity contribution in [1.29, 1.82) is 0 Å². The molecule has 1 aromatic rings. The van der Waals surface area contributed by atoms with Crippen LogP contribution in [0.4, 0.5) is 5.69 Å². The second-order valence-corrected chi connectivity index (χ2v) is 8.97. The van der Waals surface area contributed by atoms with E-state index in [-0.39, 0.29) is 17.5 Å². The van der Waals surface area contributed by atoms with Crippen molar-refractivity contribution in [2.75, 3.05) is 23.7 Å². The first kappa shape index (κ1) is 22.7. The largest absolute Gasteiger partial charge is 0.452 e. The van der Waals surface area contributed by atoms with E-state index in [1.54, 1.807) is 26.0 Å². The molecule has 0 saturated carbocycles. The number of hydrogen-bond acceptors (Lipinski definition) is 6. The molecule has 0 saturated heterocycles. The summed E-state index contributed by atoms with van der Waals surface area (Å²) in [5.74, 6) is -1.60. The van der Waals surface area contributed by atoms with E-state index in [0.29, 0.717) is 18.7 Å². The summed E-state index contributed by atoms with van der Waals surface area (Å²) < 4.78 is 30.3. The van der Waals surface area contributed by atoms with Crippen LogP contribution in [0, 0.1) is 0 Å². The van der Waals surface area contributed by atoms with Crippen LogP contribution in [0.15, 0.2) is 18.2 Å². The quantitative estimate of drug-likeness (QED) is 0.588. The zero-order valence-corrected chi connectivity index (χ0v) is 17.8. The normalized spacial score (nSPS) is 16.7. The highest BCUT2D eigenvalue weighted by atomic mass is 32.2. The molecule has 0 aliphatic carbocycles. The van der Waals surface area contributed by atoms with Crippen LogP contribution < -0.4 is 14.9 Å². The minimum atomic E-state index is -3.41. The Morgan fingerprint density at radius 2 is 2.00 bits per heavy atom. The first-order valence-corrected chi connectivity index (χ1v) is 11.3. The monoisotopic (exact) mass is 425 g/mol. The van der Waals surface area contributed by atoms with Crippen LogP contribution in [0.1, 0.15) is 43.1 Å². The van der Waals surface area contributed by atoms with E-state index >= 15 is 0 Å². The molecule has 1 aliphatic heterocycles. The number of benzene rings is 1. The van der Waals surface area contributed by atoms with E-state index in [1.165, 1.54) is 10.4 Å². The molecule has 0 radical (unpaired) electrons. The smallest absolute Gasteiger partial charge is 0.338 e. The van der Waals surface area contributed by atoms with Gasteiger partial charge in [0.25, 0.3) is 5.91 Å². The maximum atomic E-state index is 12.3. The number of carbonyl (C=O) groups is 3. The van der Waals surface area contributed by atoms with Crippen molar-refractivity contribution in [2.24, 2.45) is 0 Å². The van der Waals surface area contributed by atoms with Crippen LogP contribution in [0.5, 0.6) is 0 Å². The molecule has 2 amide bonds. The van der Waals surface area contributed by atoms with Crippen LogP contribution in [0.3, 0.4) is 0 Å². The Morgan fingerprint density at radius 3 is 2.62 bits per heavy atom. The lowest BCUT2D eigenvalue weighted by atomic mass is 10.1. The van der Waals surface area contributed by atoms with Crippen molar-refractivity contribution in [1.82, 2.24) is 10.6 Å². The highest BCUT2D eigenvalue weighted by Gasteiger charge is 2.33. The molecule has 10 heteroatoms. The fraction of sp³-hybridized carbons (Fsp3) is 0.526. The second-order valence-electron chi connectivity index (χ2n) is 7.11. The Kier molecular flexibility index (Phi) is 7.23. The van der Waals surface area contributed by atoms with Gasteiger partial charge in [0.2, 0.25) is 15.9 Å². The summed E-state index contributed by atoms with van der Waals surface area (Å²) in [6.07, 6.45) is 2.41. The van der Waals surface area contributed by atoms with Gasteiger partial charge in [-0.3, -0.25) is 13.9 Å². The Bertz CT molecular complexity index is 899. The van der Waals surface area contributed by atoms with Crippen molar-refractivity contribution in [3.05, 3.63) is 29.3 Å². The van der Waals surface area contributed by atoms with E-state index in [4.69, 9.17) is 4.74 Å². The Balaban J connectivity index is 1.95. The summed E-state index contributed by atoms with van der Waals surface area (Å²) in [6, 6.07) is 3.64. The molecule has 0 fully saturated rings. The number of sulfonamides is 1. The van der Waals surface area contributed by atoms with Gasteiger partial charge in [-0.05, 0) is 50.5 Å². The number of fused-ring (bicyclic) bond motifs is 1. The zero-order valence-electron chi connectivity index (χ0n) is 17.0. The molecule has 1 aromatic carbocycles. The number of rotatable bonds is 8. The number of nitrogens with one attached hydrogen (secondary N) is 2. The summed E-state index contributed by atoms with van der Waals surface area (Å²) in [5.41, 5.74) is 1.50. The highest BCUT2D eigenvalue weighted by Crippen LogP contribution is 2.34. The number of hydrogen-bond donors (Lipinski definition) is 2.